The third kappa shape index (κ3) is 3.69. The van der Waals surface area contributed by atoms with E-state index in [0.29, 0.717) is 18.7 Å². The molecule has 3 rings (SSSR count). The van der Waals surface area contributed by atoms with Crippen molar-refractivity contribution < 1.29 is 14.3 Å². The molecular formula is C19H25N3O3. The number of aromatic amines is 1. The molecule has 0 spiro atoms. The van der Waals surface area contributed by atoms with Gasteiger partial charge < -0.3 is 14.8 Å². The van der Waals surface area contributed by atoms with Crippen LogP contribution in [-0.4, -0.2) is 35.9 Å². The van der Waals surface area contributed by atoms with Gasteiger partial charge in [-0.1, -0.05) is 12.1 Å². The van der Waals surface area contributed by atoms with Crippen molar-refractivity contribution in [3.8, 4) is 5.75 Å². The lowest BCUT2D eigenvalue weighted by Gasteiger charge is -2.25. The van der Waals surface area contributed by atoms with Gasteiger partial charge in [0.05, 0.1) is 25.0 Å². The van der Waals surface area contributed by atoms with Gasteiger partial charge in [-0.2, -0.15) is 5.10 Å². The molecule has 1 amide bonds. The average Bonchev–Trinajstić information content (AvgIpc) is 3.00. The molecule has 2 heterocycles. The minimum Gasteiger partial charge on any atom is -0.496 e. The predicted octanol–water partition coefficient (Wildman–Crippen LogP) is 2.72. The molecule has 0 fully saturated rings. The molecule has 2 N–H and O–H groups in total. The van der Waals surface area contributed by atoms with Crippen molar-refractivity contribution in [2.75, 3.05) is 13.7 Å². The molecule has 0 aliphatic carbocycles. The van der Waals surface area contributed by atoms with E-state index in [-0.39, 0.29) is 18.1 Å². The Labute approximate surface area is 147 Å². The van der Waals surface area contributed by atoms with Crippen LogP contribution in [-0.2, 0) is 17.6 Å². The summed E-state index contributed by atoms with van der Waals surface area (Å²) in [6.07, 6.45) is 1.47. The molecule has 1 aromatic heterocycles. The second kappa shape index (κ2) is 7.27. The highest BCUT2D eigenvalue weighted by molar-refractivity contribution is 5.94. The fourth-order valence-electron chi connectivity index (χ4n) is 3.29. The van der Waals surface area contributed by atoms with Crippen LogP contribution in [0.15, 0.2) is 18.2 Å². The SMILES string of the molecule is COc1cc(CCNC(=O)c2n[nH]c3c2C[C@H](C)O[C@@H]3C)ccc1C. The lowest BCUT2D eigenvalue weighted by molar-refractivity contribution is -0.00697. The summed E-state index contributed by atoms with van der Waals surface area (Å²) in [7, 11) is 1.67. The Morgan fingerprint density at radius 1 is 1.44 bits per heavy atom. The van der Waals surface area contributed by atoms with Gasteiger partial charge >= 0.3 is 0 Å². The van der Waals surface area contributed by atoms with Crippen LogP contribution < -0.4 is 10.1 Å². The maximum absolute atomic E-state index is 12.5. The first-order valence-electron chi connectivity index (χ1n) is 8.64. The zero-order valence-electron chi connectivity index (χ0n) is 15.2. The average molecular weight is 343 g/mol. The van der Waals surface area contributed by atoms with Gasteiger partial charge in [-0.25, -0.2) is 0 Å². The van der Waals surface area contributed by atoms with Crippen molar-refractivity contribution in [2.45, 2.75) is 45.8 Å². The van der Waals surface area contributed by atoms with Gasteiger partial charge in [0.1, 0.15) is 5.75 Å². The smallest absolute Gasteiger partial charge is 0.272 e. The molecular weight excluding hydrogens is 318 g/mol. The first kappa shape index (κ1) is 17.5. The topological polar surface area (TPSA) is 76.2 Å². The van der Waals surface area contributed by atoms with Crippen LogP contribution >= 0.6 is 0 Å². The highest BCUT2D eigenvalue weighted by Crippen LogP contribution is 2.30. The maximum Gasteiger partial charge on any atom is 0.272 e. The Kier molecular flexibility index (Phi) is 5.08. The van der Waals surface area contributed by atoms with Gasteiger partial charge in [0, 0.05) is 18.5 Å². The predicted molar refractivity (Wildman–Crippen MR) is 95.0 cm³/mol. The summed E-state index contributed by atoms with van der Waals surface area (Å²) in [4.78, 5) is 12.5. The van der Waals surface area contributed by atoms with E-state index in [1.54, 1.807) is 7.11 Å². The Morgan fingerprint density at radius 2 is 2.24 bits per heavy atom. The Morgan fingerprint density at radius 3 is 3.00 bits per heavy atom. The third-order valence-electron chi connectivity index (χ3n) is 4.62. The number of ether oxygens (including phenoxy) is 2. The molecule has 0 radical (unpaired) electrons. The number of carbonyl (C=O) groups excluding carboxylic acids is 1. The van der Waals surface area contributed by atoms with E-state index in [9.17, 15) is 4.79 Å². The number of benzene rings is 1. The minimum atomic E-state index is -0.141. The van der Waals surface area contributed by atoms with Gasteiger partial charge in [-0.15, -0.1) is 0 Å². The minimum absolute atomic E-state index is 0.0622. The van der Waals surface area contributed by atoms with E-state index in [4.69, 9.17) is 9.47 Å². The molecule has 1 aliphatic rings. The number of fused-ring (bicyclic) bond motifs is 1. The van der Waals surface area contributed by atoms with Crippen LogP contribution in [0.1, 0.15) is 52.8 Å². The summed E-state index contributed by atoms with van der Waals surface area (Å²) in [6, 6.07) is 6.10. The molecule has 134 valence electrons. The van der Waals surface area contributed by atoms with Gasteiger partial charge in [-0.3, -0.25) is 9.89 Å². The van der Waals surface area contributed by atoms with Crippen LogP contribution in [0, 0.1) is 6.92 Å². The lowest BCUT2D eigenvalue weighted by Crippen LogP contribution is -2.29. The first-order valence-corrected chi connectivity index (χ1v) is 8.64. The van der Waals surface area contributed by atoms with Gasteiger partial charge in [-0.05, 0) is 44.4 Å². The second-order valence-electron chi connectivity index (χ2n) is 6.57. The molecule has 1 aliphatic heterocycles. The van der Waals surface area contributed by atoms with Gasteiger partial charge in [0.15, 0.2) is 5.69 Å². The molecule has 25 heavy (non-hydrogen) atoms. The monoisotopic (exact) mass is 343 g/mol. The molecule has 2 atom stereocenters. The number of nitrogens with zero attached hydrogens (tertiary/aromatic N) is 1. The van der Waals surface area contributed by atoms with Crippen LogP contribution in [0.4, 0.5) is 0 Å². The molecule has 1 aromatic carbocycles. The summed E-state index contributed by atoms with van der Waals surface area (Å²) < 4.78 is 11.1. The summed E-state index contributed by atoms with van der Waals surface area (Å²) in [6.45, 7) is 6.54. The molecule has 0 saturated carbocycles. The number of hydrogen-bond acceptors (Lipinski definition) is 4. The van der Waals surface area contributed by atoms with E-state index >= 15 is 0 Å². The number of methoxy groups -OCH3 is 1. The summed E-state index contributed by atoms with van der Waals surface area (Å²) in [5.41, 5.74) is 4.59. The highest BCUT2D eigenvalue weighted by atomic mass is 16.5. The second-order valence-corrected chi connectivity index (χ2v) is 6.57. The van der Waals surface area contributed by atoms with E-state index in [0.717, 1.165) is 34.6 Å². The number of rotatable bonds is 5. The Hall–Kier alpha value is -2.34. The van der Waals surface area contributed by atoms with Crippen molar-refractivity contribution in [2.24, 2.45) is 0 Å². The number of hydrogen-bond donors (Lipinski definition) is 2. The van der Waals surface area contributed by atoms with Crippen molar-refractivity contribution in [1.82, 2.24) is 15.5 Å². The van der Waals surface area contributed by atoms with Crippen molar-refractivity contribution >= 4 is 5.91 Å². The largest absolute Gasteiger partial charge is 0.496 e. The molecule has 2 aromatic rings. The zero-order chi connectivity index (χ0) is 18.0. The number of nitrogens with one attached hydrogen (secondary N) is 2. The fourth-order valence-corrected chi connectivity index (χ4v) is 3.29. The van der Waals surface area contributed by atoms with Crippen LogP contribution in [0.5, 0.6) is 5.75 Å². The standard InChI is InChI=1S/C19H25N3O3/c1-11-5-6-14(10-16(11)24-4)7-8-20-19(23)18-15-9-12(2)25-13(3)17(15)21-22-18/h5-6,10,12-13H,7-9H2,1-4H3,(H,20,23)(H,21,22)/t12-,13+/m0/s1. The number of aryl methyl sites for hydroxylation is 1. The zero-order valence-corrected chi connectivity index (χ0v) is 15.2. The number of carbonyl (C=O) groups is 1. The molecule has 0 bridgehead atoms. The molecule has 6 nitrogen and oxygen atoms in total. The third-order valence-corrected chi connectivity index (χ3v) is 4.62. The summed E-state index contributed by atoms with van der Waals surface area (Å²) >= 11 is 0. The number of amides is 1. The van der Waals surface area contributed by atoms with E-state index in [2.05, 4.69) is 21.6 Å². The fraction of sp³-hybridized carbons (Fsp3) is 0.474. The quantitative estimate of drug-likeness (QED) is 0.875. The molecule has 0 saturated heterocycles. The van der Waals surface area contributed by atoms with E-state index in [1.165, 1.54) is 0 Å². The molecule has 0 unspecified atom stereocenters. The van der Waals surface area contributed by atoms with Gasteiger partial charge in [0.2, 0.25) is 0 Å². The van der Waals surface area contributed by atoms with Crippen LogP contribution in [0.3, 0.4) is 0 Å². The van der Waals surface area contributed by atoms with Crippen molar-refractivity contribution in [1.29, 1.82) is 0 Å². The maximum atomic E-state index is 12.5. The Bertz CT molecular complexity index is 769. The van der Waals surface area contributed by atoms with Crippen molar-refractivity contribution in [3.63, 3.8) is 0 Å². The first-order chi connectivity index (χ1) is 12.0. The normalized spacial score (nSPS) is 19.4. The van der Waals surface area contributed by atoms with E-state index < -0.39 is 0 Å². The van der Waals surface area contributed by atoms with Gasteiger partial charge in [0.25, 0.3) is 5.91 Å². The van der Waals surface area contributed by atoms with Crippen LogP contribution in [0.25, 0.3) is 0 Å². The molecule has 6 heteroatoms. The van der Waals surface area contributed by atoms with Crippen molar-refractivity contribution in [3.05, 3.63) is 46.3 Å². The summed E-state index contributed by atoms with van der Waals surface area (Å²) in [5, 5.41) is 10.1. The lowest BCUT2D eigenvalue weighted by atomic mass is 9.99. The number of aromatic nitrogens is 2. The number of H-pyrrole nitrogens is 1. The van der Waals surface area contributed by atoms with Crippen LogP contribution in [0.2, 0.25) is 0 Å². The highest BCUT2D eigenvalue weighted by Gasteiger charge is 2.29. The van der Waals surface area contributed by atoms with E-state index in [1.807, 2.05) is 32.9 Å². The summed E-state index contributed by atoms with van der Waals surface area (Å²) in [5.74, 6) is 0.728. The Balaban J connectivity index is 1.62.